The Labute approximate surface area is 106 Å². The van der Waals surface area contributed by atoms with Gasteiger partial charge in [0.15, 0.2) is 11.5 Å². The molecule has 92 valence electrons. The van der Waals surface area contributed by atoms with E-state index in [4.69, 9.17) is 5.84 Å². The summed E-state index contributed by atoms with van der Waals surface area (Å²) in [5.74, 6) is 5.96. The topological polar surface area (TPSA) is 105 Å². The van der Waals surface area contributed by atoms with E-state index in [0.29, 0.717) is 28.0 Å². The zero-order valence-electron chi connectivity index (χ0n) is 9.75. The fourth-order valence-corrected chi connectivity index (χ4v) is 2.16. The van der Waals surface area contributed by atoms with Crippen molar-refractivity contribution in [3.05, 3.63) is 30.6 Å². The molecule has 0 atom stereocenters. The first-order valence-corrected chi connectivity index (χ1v) is 5.72. The van der Waals surface area contributed by atoms with E-state index >= 15 is 0 Å². The fourth-order valence-electron chi connectivity index (χ4n) is 2.16. The predicted molar refractivity (Wildman–Crippen MR) is 72.3 cm³/mol. The van der Waals surface area contributed by atoms with Gasteiger partial charge >= 0.3 is 0 Å². The van der Waals surface area contributed by atoms with E-state index in [1.807, 2.05) is 24.3 Å². The lowest BCUT2D eigenvalue weighted by atomic mass is 10.3. The molecule has 3 heterocycles. The Morgan fingerprint density at radius 2 is 1.79 bits per heavy atom. The van der Waals surface area contributed by atoms with Gasteiger partial charge in [0.05, 0.1) is 11.0 Å². The lowest BCUT2D eigenvalue weighted by molar-refractivity contribution is 1.18. The summed E-state index contributed by atoms with van der Waals surface area (Å²) in [6.07, 6.45) is 1.45. The molecule has 0 bridgehead atoms. The van der Waals surface area contributed by atoms with Crippen molar-refractivity contribution in [3.63, 3.8) is 0 Å². The molecule has 0 saturated carbocycles. The largest absolute Gasteiger partial charge is 0.333 e. The number of fused-ring (bicyclic) bond motifs is 4. The average molecular weight is 251 g/mol. The van der Waals surface area contributed by atoms with E-state index < -0.39 is 0 Å². The highest BCUT2D eigenvalue weighted by Crippen LogP contribution is 2.25. The van der Waals surface area contributed by atoms with Crippen LogP contribution >= 0.6 is 0 Å². The predicted octanol–water partition coefficient (Wildman–Crippen LogP) is 1.34. The molecule has 0 spiro atoms. The van der Waals surface area contributed by atoms with Crippen LogP contribution in [0.4, 0.5) is 5.82 Å². The number of hydrogen-bond donors (Lipinski definition) is 3. The molecule has 7 heteroatoms. The number of rotatable bonds is 1. The zero-order chi connectivity index (χ0) is 12.8. The summed E-state index contributed by atoms with van der Waals surface area (Å²) in [6, 6.07) is 7.70. The van der Waals surface area contributed by atoms with Gasteiger partial charge in [-0.05, 0) is 12.1 Å². The van der Waals surface area contributed by atoms with Gasteiger partial charge in [0.1, 0.15) is 22.9 Å². The maximum atomic E-state index is 5.44. The van der Waals surface area contributed by atoms with Gasteiger partial charge in [-0.2, -0.15) is 0 Å². The number of para-hydroxylation sites is 2. The Hall–Kier alpha value is -2.80. The highest BCUT2D eigenvalue weighted by molar-refractivity contribution is 6.06. The molecule has 0 aliphatic carbocycles. The Morgan fingerprint density at radius 1 is 1.00 bits per heavy atom. The molecule has 4 N–H and O–H groups in total. The maximum Gasteiger partial charge on any atom is 0.167 e. The van der Waals surface area contributed by atoms with Crippen LogP contribution in [0, 0.1) is 0 Å². The number of nitrogens with two attached hydrogens (primary N) is 1. The number of nitrogens with zero attached hydrogens (tertiary/aromatic N) is 4. The smallest absolute Gasteiger partial charge is 0.167 e. The van der Waals surface area contributed by atoms with Gasteiger partial charge in [-0.15, -0.1) is 0 Å². The summed E-state index contributed by atoms with van der Waals surface area (Å²) >= 11 is 0. The number of aromatic nitrogens is 5. The summed E-state index contributed by atoms with van der Waals surface area (Å²) in [6.45, 7) is 0. The van der Waals surface area contributed by atoms with Crippen molar-refractivity contribution in [3.8, 4) is 0 Å². The number of hydrazine groups is 1. The van der Waals surface area contributed by atoms with Crippen LogP contribution in [-0.2, 0) is 0 Å². The van der Waals surface area contributed by atoms with E-state index in [0.717, 1.165) is 11.0 Å². The van der Waals surface area contributed by atoms with Gasteiger partial charge in [0.2, 0.25) is 0 Å². The van der Waals surface area contributed by atoms with E-state index in [-0.39, 0.29) is 0 Å². The molecule has 0 fully saturated rings. The van der Waals surface area contributed by atoms with Crippen molar-refractivity contribution >= 4 is 39.0 Å². The number of nitrogen functional groups attached to an aromatic ring is 1. The monoisotopic (exact) mass is 251 g/mol. The van der Waals surface area contributed by atoms with E-state index in [2.05, 4.69) is 30.3 Å². The number of benzene rings is 1. The van der Waals surface area contributed by atoms with Crippen LogP contribution in [0.2, 0.25) is 0 Å². The quantitative estimate of drug-likeness (QED) is 0.348. The summed E-state index contributed by atoms with van der Waals surface area (Å²) in [5, 5.41) is 0. The van der Waals surface area contributed by atoms with Gasteiger partial charge in [-0.25, -0.2) is 25.8 Å². The Bertz CT molecular complexity index is 912. The third-order valence-corrected chi connectivity index (χ3v) is 3.02. The number of hydrogen-bond acceptors (Lipinski definition) is 6. The van der Waals surface area contributed by atoms with Gasteiger partial charge in [-0.1, -0.05) is 12.1 Å². The summed E-state index contributed by atoms with van der Waals surface area (Å²) in [5.41, 5.74) is 6.99. The van der Waals surface area contributed by atoms with Crippen molar-refractivity contribution in [2.75, 3.05) is 5.43 Å². The van der Waals surface area contributed by atoms with Gasteiger partial charge in [0, 0.05) is 0 Å². The van der Waals surface area contributed by atoms with Crippen molar-refractivity contribution in [2.45, 2.75) is 0 Å². The number of H-pyrrole nitrogens is 1. The third-order valence-electron chi connectivity index (χ3n) is 3.02. The van der Waals surface area contributed by atoms with Crippen molar-refractivity contribution < 1.29 is 0 Å². The molecule has 0 unspecified atom stereocenters. The molecule has 0 aliphatic heterocycles. The number of anilines is 1. The van der Waals surface area contributed by atoms with Crippen molar-refractivity contribution in [1.29, 1.82) is 0 Å². The van der Waals surface area contributed by atoms with E-state index in [9.17, 15) is 0 Å². The molecule has 0 amide bonds. The minimum atomic E-state index is 0.522. The summed E-state index contributed by atoms with van der Waals surface area (Å²) in [7, 11) is 0. The van der Waals surface area contributed by atoms with Crippen LogP contribution in [0.3, 0.4) is 0 Å². The molecular weight excluding hydrogens is 242 g/mol. The average Bonchev–Trinajstić information content (AvgIpc) is 2.82. The highest BCUT2D eigenvalue weighted by Gasteiger charge is 2.12. The van der Waals surface area contributed by atoms with Crippen LogP contribution in [0.15, 0.2) is 30.6 Å². The molecule has 4 rings (SSSR count). The second kappa shape index (κ2) is 3.59. The highest BCUT2D eigenvalue weighted by atomic mass is 15.3. The molecule has 1 aromatic carbocycles. The molecule has 7 nitrogen and oxygen atoms in total. The lowest BCUT2D eigenvalue weighted by Gasteiger charge is -1.97. The van der Waals surface area contributed by atoms with Crippen LogP contribution in [-0.4, -0.2) is 24.9 Å². The molecular formula is C12H9N7. The van der Waals surface area contributed by atoms with Crippen LogP contribution < -0.4 is 11.3 Å². The van der Waals surface area contributed by atoms with Crippen LogP contribution in [0.25, 0.3) is 33.2 Å². The molecule has 19 heavy (non-hydrogen) atoms. The summed E-state index contributed by atoms with van der Waals surface area (Å²) in [4.78, 5) is 20.6. The third kappa shape index (κ3) is 1.36. The molecule has 0 saturated heterocycles. The molecule has 0 radical (unpaired) electrons. The summed E-state index contributed by atoms with van der Waals surface area (Å²) < 4.78 is 0. The zero-order valence-corrected chi connectivity index (χ0v) is 9.75. The van der Waals surface area contributed by atoms with Gasteiger partial charge in [-0.3, -0.25) is 0 Å². The first kappa shape index (κ1) is 10.2. The Kier molecular flexibility index (Phi) is 1.92. The second-order valence-electron chi connectivity index (χ2n) is 4.12. The Balaban J connectivity index is 2.22. The van der Waals surface area contributed by atoms with Gasteiger partial charge in [0.25, 0.3) is 0 Å². The fraction of sp³-hybridized carbons (Fsp3) is 0. The molecule has 0 aliphatic rings. The first-order valence-electron chi connectivity index (χ1n) is 5.72. The minimum absolute atomic E-state index is 0.522. The van der Waals surface area contributed by atoms with E-state index in [1.165, 1.54) is 6.33 Å². The second-order valence-corrected chi connectivity index (χ2v) is 4.12. The van der Waals surface area contributed by atoms with Gasteiger partial charge < -0.3 is 10.4 Å². The SMILES string of the molecule is NNc1ncnc2c1[nH]c1nc3ccccc3nc12. The lowest BCUT2D eigenvalue weighted by Crippen LogP contribution is -2.09. The van der Waals surface area contributed by atoms with E-state index in [1.54, 1.807) is 0 Å². The van der Waals surface area contributed by atoms with Crippen molar-refractivity contribution in [2.24, 2.45) is 5.84 Å². The minimum Gasteiger partial charge on any atom is -0.333 e. The Morgan fingerprint density at radius 3 is 2.58 bits per heavy atom. The van der Waals surface area contributed by atoms with Crippen LogP contribution in [0.5, 0.6) is 0 Å². The molecule has 3 aromatic heterocycles. The number of aromatic amines is 1. The first-order chi connectivity index (χ1) is 9.36. The van der Waals surface area contributed by atoms with Crippen LogP contribution in [0.1, 0.15) is 0 Å². The molecule has 4 aromatic rings. The van der Waals surface area contributed by atoms with Crippen molar-refractivity contribution in [1.82, 2.24) is 24.9 Å². The maximum absolute atomic E-state index is 5.44. The standard InChI is InChI=1S/C12H9N7/c13-19-11-9-8(14-5-15-11)10-12(18-9)17-7-4-2-1-3-6(7)16-10/h1-5H,13H2,(H,17,18)(H,14,15,19). The number of nitrogens with one attached hydrogen (secondary N) is 2. The normalized spacial score (nSPS) is 11.4.